The monoisotopic (exact) mass is 398 g/mol. The van der Waals surface area contributed by atoms with Crippen molar-refractivity contribution in [3.05, 3.63) is 48.2 Å². The highest BCUT2D eigenvalue weighted by atomic mass is 15.1. The minimum absolute atomic E-state index is 0.236. The van der Waals surface area contributed by atoms with Gasteiger partial charge in [0.25, 0.3) is 0 Å². The van der Waals surface area contributed by atoms with Crippen LogP contribution >= 0.6 is 0 Å². The zero-order chi connectivity index (χ0) is 20.4. The number of nitrogens with one attached hydrogen (secondary N) is 1. The van der Waals surface area contributed by atoms with Gasteiger partial charge in [-0.25, -0.2) is 19.9 Å². The Hall–Kier alpha value is -3.68. The van der Waals surface area contributed by atoms with Crippen molar-refractivity contribution in [2.75, 3.05) is 11.1 Å². The second-order valence-corrected chi connectivity index (χ2v) is 8.09. The molecule has 4 aromatic heterocycles. The van der Waals surface area contributed by atoms with Crippen molar-refractivity contribution < 1.29 is 0 Å². The quantitative estimate of drug-likeness (QED) is 0.474. The number of pyridine rings is 2. The molecular weight excluding hydrogens is 376 g/mol. The molecule has 0 amide bonds. The van der Waals surface area contributed by atoms with Crippen LogP contribution in [-0.2, 0) is 26.9 Å². The molecule has 1 aliphatic carbocycles. The number of fused-ring (bicyclic) bond motifs is 6. The summed E-state index contributed by atoms with van der Waals surface area (Å²) >= 11 is 0. The molecule has 30 heavy (non-hydrogen) atoms. The summed E-state index contributed by atoms with van der Waals surface area (Å²) < 4.78 is 4.10. The number of benzene rings is 1. The molecule has 0 saturated carbocycles. The molecular formula is C22H22N8. The number of hydrogen-bond donors (Lipinski definition) is 2. The van der Waals surface area contributed by atoms with Gasteiger partial charge in [-0.05, 0) is 25.3 Å². The van der Waals surface area contributed by atoms with E-state index in [1.54, 1.807) is 0 Å². The lowest BCUT2D eigenvalue weighted by molar-refractivity contribution is 0.600. The summed E-state index contributed by atoms with van der Waals surface area (Å²) in [6, 6.07) is 8.45. The van der Waals surface area contributed by atoms with Gasteiger partial charge in [0.05, 0.1) is 29.2 Å². The lowest BCUT2D eigenvalue weighted by atomic mass is 9.90. The van der Waals surface area contributed by atoms with Gasteiger partial charge in [0.1, 0.15) is 11.0 Å². The molecule has 0 radical (unpaired) electrons. The SMILES string of the molecule is Cn1cnc2c(N)nc3c(c21)CC(Nc1nc2ccccc2c2c1ncn2C)CC3. The molecule has 1 atom stereocenters. The molecule has 0 saturated heterocycles. The third-order valence-electron chi connectivity index (χ3n) is 6.14. The Morgan fingerprint density at radius 2 is 1.77 bits per heavy atom. The number of rotatable bonds is 2. The van der Waals surface area contributed by atoms with Crippen molar-refractivity contribution in [3.63, 3.8) is 0 Å². The van der Waals surface area contributed by atoms with E-state index in [9.17, 15) is 0 Å². The Morgan fingerprint density at radius 3 is 2.63 bits per heavy atom. The largest absolute Gasteiger partial charge is 0.382 e. The zero-order valence-corrected chi connectivity index (χ0v) is 16.9. The first-order valence-corrected chi connectivity index (χ1v) is 10.1. The van der Waals surface area contributed by atoms with Crippen LogP contribution in [0.15, 0.2) is 36.9 Å². The topological polar surface area (TPSA) is 99.5 Å². The molecule has 5 aromatic rings. The van der Waals surface area contributed by atoms with E-state index < -0.39 is 0 Å². The average Bonchev–Trinajstić information content (AvgIpc) is 3.33. The summed E-state index contributed by atoms with van der Waals surface area (Å²) in [5.74, 6) is 1.35. The van der Waals surface area contributed by atoms with Gasteiger partial charge >= 0.3 is 0 Å². The molecule has 1 aromatic carbocycles. The van der Waals surface area contributed by atoms with E-state index in [-0.39, 0.29) is 6.04 Å². The first-order valence-electron chi connectivity index (χ1n) is 10.1. The Bertz CT molecular complexity index is 1440. The molecule has 0 spiro atoms. The van der Waals surface area contributed by atoms with Gasteiger partial charge in [-0.15, -0.1) is 0 Å². The van der Waals surface area contributed by atoms with E-state index in [4.69, 9.17) is 10.7 Å². The summed E-state index contributed by atoms with van der Waals surface area (Å²) in [5, 5.41) is 4.80. The van der Waals surface area contributed by atoms with Crippen LogP contribution in [0.25, 0.3) is 33.0 Å². The Kier molecular flexibility index (Phi) is 3.53. The van der Waals surface area contributed by atoms with Crippen LogP contribution in [-0.4, -0.2) is 35.1 Å². The maximum Gasteiger partial charge on any atom is 0.155 e. The van der Waals surface area contributed by atoms with Gasteiger partial charge in [-0.1, -0.05) is 18.2 Å². The van der Waals surface area contributed by atoms with Gasteiger partial charge in [-0.3, -0.25) is 0 Å². The van der Waals surface area contributed by atoms with E-state index in [1.807, 2.05) is 43.4 Å². The van der Waals surface area contributed by atoms with Crippen molar-refractivity contribution in [1.82, 2.24) is 29.1 Å². The number of imidazole rings is 2. The highest BCUT2D eigenvalue weighted by molar-refractivity contribution is 6.06. The van der Waals surface area contributed by atoms with E-state index in [0.717, 1.165) is 63.7 Å². The Morgan fingerprint density at radius 1 is 1.00 bits per heavy atom. The highest BCUT2D eigenvalue weighted by Crippen LogP contribution is 2.33. The second kappa shape index (κ2) is 6.16. The van der Waals surface area contributed by atoms with Gasteiger partial charge in [0, 0.05) is 36.8 Å². The van der Waals surface area contributed by atoms with Crippen LogP contribution in [0.3, 0.4) is 0 Å². The van der Waals surface area contributed by atoms with E-state index >= 15 is 0 Å². The maximum absolute atomic E-state index is 6.15. The Labute approximate surface area is 172 Å². The molecule has 1 unspecified atom stereocenters. The standard InChI is InChI=1S/C22H22N8/c1-29-11-25-18-19(29)13-5-3-4-6-15(13)28-22(18)26-12-7-8-16-14(9-12)20-17(21(23)27-16)24-10-30(20)2/h3-6,10-12H,7-9H2,1-2H3,(H2,23,27)(H,26,28). The fourth-order valence-corrected chi connectivity index (χ4v) is 4.74. The first kappa shape index (κ1) is 17.2. The fourth-order valence-electron chi connectivity index (χ4n) is 4.74. The summed E-state index contributed by atoms with van der Waals surface area (Å²) in [6.45, 7) is 0. The first-order chi connectivity index (χ1) is 14.6. The average molecular weight is 398 g/mol. The third kappa shape index (κ3) is 2.39. The van der Waals surface area contributed by atoms with Crippen molar-refractivity contribution in [3.8, 4) is 0 Å². The predicted octanol–water partition coefficient (Wildman–Crippen LogP) is 2.95. The number of hydrogen-bond acceptors (Lipinski definition) is 6. The normalized spacial score (nSPS) is 16.4. The second-order valence-electron chi connectivity index (χ2n) is 8.09. The van der Waals surface area contributed by atoms with Crippen LogP contribution in [0.5, 0.6) is 0 Å². The number of aryl methyl sites for hydroxylation is 3. The summed E-state index contributed by atoms with van der Waals surface area (Å²) in [6.07, 6.45) is 6.35. The summed E-state index contributed by atoms with van der Waals surface area (Å²) in [7, 11) is 4.03. The molecule has 0 fully saturated rings. The van der Waals surface area contributed by atoms with E-state index in [2.05, 4.69) is 37.0 Å². The van der Waals surface area contributed by atoms with Crippen LogP contribution in [0.4, 0.5) is 11.6 Å². The van der Waals surface area contributed by atoms with Crippen LogP contribution in [0.1, 0.15) is 17.7 Å². The molecule has 3 N–H and O–H groups in total. The molecule has 1 aliphatic rings. The molecule has 150 valence electrons. The molecule has 8 heteroatoms. The van der Waals surface area contributed by atoms with Crippen LogP contribution in [0, 0.1) is 0 Å². The number of nitrogens with zero attached hydrogens (tertiary/aromatic N) is 6. The van der Waals surface area contributed by atoms with Crippen LogP contribution < -0.4 is 11.1 Å². The van der Waals surface area contributed by atoms with Gasteiger partial charge < -0.3 is 20.2 Å². The van der Waals surface area contributed by atoms with Gasteiger partial charge in [-0.2, -0.15) is 0 Å². The molecule has 6 rings (SSSR count). The fraction of sp³-hybridized carbons (Fsp3) is 0.273. The lowest BCUT2D eigenvalue weighted by Crippen LogP contribution is -2.29. The van der Waals surface area contributed by atoms with Gasteiger partial charge in [0.2, 0.25) is 0 Å². The van der Waals surface area contributed by atoms with Crippen molar-refractivity contribution in [1.29, 1.82) is 0 Å². The number of anilines is 2. The van der Waals surface area contributed by atoms with Crippen LogP contribution in [0.2, 0.25) is 0 Å². The predicted molar refractivity (Wildman–Crippen MR) is 118 cm³/mol. The van der Waals surface area contributed by atoms with E-state index in [0.29, 0.717) is 5.82 Å². The number of para-hydroxylation sites is 1. The zero-order valence-electron chi connectivity index (χ0n) is 16.9. The maximum atomic E-state index is 6.15. The van der Waals surface area contributed by atoms with Gasteiger partial charge in [0.15, 0.2) is 11.6 Å². The van der Waals surface area contributed by atoms with Crippen molar-refractivity contribution >= 4 is 44.6 Å². The molecule has 0 aliphatic heterocycles. The number of nitrogens with two attached hydrogens (primary N) is 1. The third-order valence-corrected chi connectivity index (χ3v) is 6.14. The number of aromatic nitrogens is 6. The minimum Gasteiger partial charge on any atom is -0.382 e. The summed E-state index contributed by atoms with van der Waals surface area (Å²) in [5.41, 5.74) is 13.3. The smallest absolute Gasteiger partial charge is 0.155 e. The number of nitrogen functional groups attached to an aromatic ring is 1. The molecule has 0 bridgehead atoms. The van der Waals surface area contributed by atoms with E-state index in [1.165, 1.54) is 5.56 Å². The molecule has 8 nitrogen and oxygen atoms in total. The minimum atomic E-state index is 0.236. The van der Waals surface area contributed by atoms with Crippen molar-refractivity contribution in [2.24, 2.45) is 14.1 Å². The van der Waals surface area contributed by atoms with Crippen molar-refractivity contribution in [2.45, 2.75) is 25.3 Å². The highest BCUT2D eigenvalue weighted by Gasteiger charge is 2.26. The summed E-state index contributed by atoms with van der Waals surface area (Å²) in [4.78, 5) is 18.6. The Balaban J connectivity index is 1.43. The lowest BCUT2D eigenvalue weighted by Gasteiger charge is -2.26. The molecule has 4 heterocycles.